The molecular formula is C15H24O. The molecule has 5 atom stereocenters. The first-order valence-electron chi connectivity index (χ1n) is 6.74. The standard InChI is InChI=1S/C15H24O/c1-9-8-10(16)12-13-11(9)15(12,4)7-5-6-14(13,2)3/h8,10-13,16H,5-7H2,1-4H3. The van der Waals surface area contributed by atoms with E-state index in [1.165, 1.54) is 24.8 Å². The SMILES string of the molecule is CC1=CC(O)C2C3C1C2(C)CCCC3(C)C. The Bertz CT molecular complexity index is 354. The molecule has 0 saturated heterocycles. The van der Waals surface area contributed by atoms with Crippen molar-refractivity contribution in [2.24, 2.45) is 28.6 Å². The minimum Gasteiger partial charge on any atom is -0.389 e. The van der Waals surface area contributed by atoms with Crippen LogP contribution in [-0.2, 0) is 0 Å². The van der Waals surface area contributed by atoms with Gasteiger partial charge in [-0.25, -0.2) is 0 Å². The van der Waals surface area contributed by atoms with Crippen LogP contribution in [0.5, 0.6) is 0 Å². The molecule has 0 aromatic heterocycles. The third-order valence-electron chi connectivity index (χ3n) is 5.95. The van der Waals surface area contributed by atoms with Gasteiger partial charge in [0.15, 0.2) is 0 Å². The van der Waals surface area contributed by atoms with Gasteiger partial charge in [0.25, 0.3) is 0 Å². The van der Waals surface area contributed by atoms with Crippen LogP contribution in [0.25, 0.3) is 0 Å². The monoisotopic (exact) mass is 220 g/mol. The number of hydrogen-bond acceptors (Lipinski definition) is 1. The quantitative estimate of drug-likeness (QED) is 0.620. The second kappa shape index (κ2) is 2.93. The van der Waals surface area contributed by atoms with Gasteiger partial charge in [-0.1, -0.05) is 38.8 Å². The van der Waals surface area contributed by atoms with Crippen molar-refractivity contribution in [1.29, 1.82) is 0 Å². The molecule has 5 unspecified atom stereocenters. The van der Waals surface area contributed by atoms with E-state index in [0.717, 1.165) is 11.8 Å². The highest BCUT2D eigenvalue weighted by molar-refractivity contribution is 5.31. The van der Waals surface area contributed by atoms with E-state index < -0.39 is 0 Å². The minimum absolute atomic E-state index is 0.183. The number of aliphatic hydroxyl groups excluding tert-OH is 1. The van der Waals surface area contributed by atoms with Crippen LogP contribution in [0, 0.1) is 28.6 Å². The fourth-order valence-electron chi connectivity index (χ4n) is 5.35. The van der Waals surface area contributed by atoms with E-state index in [9.17, 15) is 5.11 Å². The van der Waals surface area contributed by atoms with Gasteiger partial charge in [-0.2, -0.15) is 0 Å². The molecule has 2 fully saturated rings. The molecule has 4 bridgehead atoms. The van der Waals surface area contributed by atoms with Crippen molar-refractivity contribution in [2.75, 3.05) is 0 Å². The summed E-state index contributed by atoms with van der Waals surface area (Å²) in [5, 5.41) is 10.3. The van der Waals surface area contributed by atoms with Crippen LogP contribution < -0.4 is 0 Å². The van der Waals surface area contributed by atoms with Gasteiger partial charge in [0, 0.05) is 0 Å². The van der Waals surface area contributed by atoms with E-state index in [0.29, 0.717) is 16.7 Å². The molecule has 4 aliphatic rings. The van der Waals surface area contributed by atoms with Crippen molar-refractivity contribution >= 4 is 0 Å². The van der Waals surface area contributed by atoms with Gasteiger partial charge in [-0.05, 0) is 48.3 Å². The van der Waals surface area contributed by atoms with Crippen LogP contribution in [0.15, 0.2) is 11.6 Å². The first-order chi connectivity index (χ1) is 7.38. The average molecular weight is 220 g/mol. The summed E-state index contributed by atoms with van der Waals surface area (Å²) in [5.74, 6) is 2.00. The van der Waals surface area contributed by atoms with Gasteiger partial charge in [-0.3, -0.25) is 0 Å². The lowest BCUT2D eigenvalue weighted by Gasteiger charge is -2.67. The first-order valence-corrected chi connectivity index (χ1v) is 6.74. The molecule has 0 amide bonds. The molecule has 1 nitrogen and oxygen atoms in total. The van der Waals surface area contributed by atoms with Crippen molar-refractivity contribution in [3.05, 3.63) is 11.6 Å². The molecule has 4 aliphatic carbocycles. The normalized spacial score (nSPS) is 53.7. The Morgan fingerprint density at radius 2 is 1.88 bits per heavy atom. The summed E-state index contributed by atoms with van der Waals surface area (Å²) < 4.78 is 0. The molecule has 1 N–H and O–H groups in total. The van der Waals surface area contributed by atoms with Gasteiger partial charge in [0.1, 0.15) is 0 Å². The maximum absolute atomic E-state index is 10.3. The van der Waals surface area contributed by atoms with Gasteiger partial charge in [0.05, 0.1) is 6.10 Å². The highest BCUT2D eigenvalue weighted by atomic mass is 16.3. The Balaban J connectivity index is 2.10. The number of hydrogen-bond donors (Lipinski definition) is 1. The van der Waals surface area contributed by atoms with E-state index in [1.807, 2.05) is 0 Å². The lowest BCUT2D eigenvalue weighted by Crippen LogP contribution is -2.64. The maximum Gasteiger partial charge on any atom is 0.0760 e. The zero-order valence-electron chi connectivity index (χ0n) is 11.0. The van der Waals surface area contributed by atoms with Crippen LogP contribution in [0.3, 0.4) is 0 Å². The third kappa shape index (κ3) is 1.06. The smallest absolute Gasteiger partial charge is 0.0760 e. The Morgan fingerprint density at radius 1 is 1.19 bits per heavy atom. The van der Waals surface area contributed by atoms with E-state index in [-0.39, 0.29) is 6.10 Å². The van der Waals surface area contributed by atoms with Crippen LogP contribution in [0.1, 0.15) is 47.0 Å². The number of rotatable bonds is 0. The van der Waals surface area contributed by atoms with Gasteiger partial charge in [0.2, 0.25) is 0 Å². The fraction of sp³-hybridized carbons (Fsp3) is 0.867. The molecule has 1 heteroatoms. The third-order valence-corrected chi connectivity index (χ3v) is 5.95. The predicted octanol–water partition coefficient (Wildman–Crippen LogP) is 3.39. The summed E-state index contributed by atoms with van der Waals surface area (Å²) in [4.78, 5) is 0. The van der Waals surface area contributed by atoms with E-state index >= 15 is 0 Å². The molecule has 90 valence electrons. The van der Waals surface area contributed by atoms with Crippen molar-refractivity contribution in [1.82, 2.24) is 0 Å². The van der Waals surface area contributed by atoms with Crippen molar-refractivity contribution in [3.8, 4) is 0 Å². The largest absolute Gasteiger partial charge is 0.389 e. The van der Waals surface area contributed by atoms with Crippen LogP contribution in [0.4, 0.5) is 0 Å². The molecule has 0 aromatic rings. The minimum atomic E-state index is -0.183. The molecular weight excluding hydrogens is 196 g/mol. The predicted molar refractivity (Wildman–Crippen MR) is 66.0 cm³/mol. The second-order valence-electron chi connectivity index (χ2n) is 7.28. The van der Waals surface area contributed by atoms with Crippen molar-refractivity contribution < 1.29 is 5.11 Å². The first kappa shape index (κ1) is 10.8. The zero-order valence-corrected chi connectivity index (χ0v) is 11.0. The summed E-state index contributed by atoms with van der Waals surface area (Å²) in [5.41, 5.74) is 2.27. The molecule has 0 aromatic carbocycles. The Labute approximate surface area is 98.9 Å². The Morgan fingerprint density at radius 3 is 2.50 bits per heavy atom. The molecule has 2 saturated carbocycles. The summed E-state index contributed by atoms with van der Waals surface area (Å²) in [7, 11) is 0. The maximum atomic E-state index is 10.3. The van der Waals surface area contributed by atoms with Crippen LogP contribution in [0.2, 0.25) is 0 Å². The van der Waals surface area contributed by atoms with E-state index in [1.54, 1.807) is 0 Å². The van der Waals surface area contributed by atoms with Gasteiger partial charge >= 0.3 is 0 Å². The molecule has 0 radical (unpaired) electrons. The molecule has 16 heavy (non-hydrogen) atoms. The topological polar surface area (TPSA) is 20.2 Å². The van der Waals surface area contributed by atoms with Crippen LogP contribution >= 0.6 is 0 Å². The molecule has 0 heterocycles. The van der Waals surface area contributed by atoms with E-state index in [4.69, 9.17) is 0 Å². The summed E-state index contributed by atoms with van der Waals surface area (Å²) in [6, 6.07) is 0. The summed E-state index contributed by atoms with van der Waals surface area (Å²) in [6.07, 6.45) is 5.92. The number of allylic oxidation sites excluding steroid dienone is 1. The molecule has 0 spiro atoms. The lowest BCUT2D eigenvalue weighted by molar-refractivity contribution is -0.180. The fourth-order valence-corrected chi connectivity index (χ4v) is 5.35. The highest BCUT2D eigenvalue weighted by Gasteiger charge is 2.67. The van der Waals surface area contributed by atoms with E-state index in [2.05, 4.69) is 33.8 Å². The Kier molecular flexibility index (Phi) is 1.98. The van der Waals surface area contributed by atoms with Gasteiger partial charge < -0.3 is 5.11 Å². The van der Waals surface area contributed by atoms with Gasteiger partial charge in [-0.15, -0.1) is 0 Å². The summed E-state index contributed by atoms with van der Waals surface area (Å²) in [6.45, 7) is 9.47. The number of fused-ring (bicyclic) bond motifs is 1. The molecule has 0 aliphatic heterocycles. The van der Waals surface area contributed by atoms with Crippen LogP contribution in [-0.4, -0.2) is 11.2 Å². The highest BCUT2D eigenvalue weighted by Crippen LogP contribution is 2.72. The lowest BCUT2D eigenvalue weighted by atomic mass is 9.38. The molecule has 4 rings (SSSR count). The number of aliphatic hydroxyl groups is 1. The average Bonchev–Trinajstić information content (AvgIpc) is 2.28. The van der Waals surface area contributed by atoms with Crippen molar-refractivity contribution in [2.45, 2.75) is 53.1 Å². The van der Waals surface area contributed by atoms with Crippen molar-refractivity contribution in [3.63, 3.8) is 0 Å². The second-order valence-corrected chi connectivity index (χ2v) is 7.28. The Hall–Kier alpha value is -0.300. The summed E-state index contributed by atoms with van der Waals surface area (Å²) >= 11 is 0. The zero-order chi connectivity index (χ0) is 11.7.